The number of methoxy groups -OCH3 is 2. The second kappa shape index (κ2) is 6.93. The van der Waals surface area contributed by atoms with E-state index >= 15 is 0 Å². The van der Waals surface area contributed by atoms with Crippen LogP contribution in [0.4, 0.5) is 0 Å². The maximum Gasteiger partial charge on any atom is 0.235 e. The fourth-order valence-electron chi connectivity index (χ4n) is 2.50. The summed E-state index contributed by atoms with van der Waals surface area (Å²) >= 11 is 1.46. The number of fused-ring (bicyclic) bond motifs is 1. The number of hydrogen-bond acceptors (Lipinski definition) is 7. The molecular weight excluding hydrogens is 350 g/mol. The summed E-state index contributed by atoms with van der Waals surface area (Å²) in [5.41, 5.74) is 1.86. The molecule has 0 aliphatic heterocycles. The largest absolute Gasteiger partial charge is 0.493 e. The zero-order chi connectivity index (χ0) is 17.9. The maximum absolute atomic E-state index is 5.36. The molecule has 0 saturated heterocycles. The Kier molecular flexibility index (Phi) is 4.32. The highest BCUT2D eigenvalue weighted by Gasteiger charge is 2.14. The van der Waals surface area contributed by atoms with Gasteiger partial charge >= 0.3 is 0 Å². The van der Waals surface area contributed by atoms with Gasteiger partial charge in [-0.2, -0.15) is 9.61 Å². The second-order valence-electron chi connectivity index (χ2n) is 5.35. The van der Waals surface area contributed by atoms with Crippen LogP contribution in [-0.4, -0.2) is 39.0 Å². The molecule has 8 heteroatoms. The third-order valence-electron chi connectivity index (χ3n) is 3.75. The molecule has 0 saturated carbocycles. The summed E-state index contributed by atoms with van der Waals surface area (Å²) in [5, 5.41) is 13.9. The van der Waals surface area contributed by atoms with E-state index in [1.54, 1.807) is 31.1 Å². The highest BCUT2D eigenvalue weighted by Crippen LogP contribution is 2.32. The summed E-state index contributed by atoms with van der Waals surface area (Å²) in [4.78, 5) is 4.82. The van der Waals surface area contributed by atoms with Gasteiger partial charge in [0.25, 0.3) is 0 Å². The topological polar surface area (TPSA) is 74.4 Å². The normalized spacial score (nSPS) is 11.3. The van der Waals surface area contributed by atoms with E-state index in [9.17, 15) is 0 Å². The zero-order valence-electron chi connectivity index (χ0n) is 14.2. The smallest absolute Gasteiger partial charge is 0.235 e. The van der Waals surface area contributed by atoms with Crippen LogP contribution < -0.4 is 9.47 Å². The molecular formula is C18H15N5O2S. The molecule has 0 bridgehead atoms. The van der Waals surface area contributed by atoms with Crippen LogP contribution >= 0.6 is 11.3 Å². The molecule has 0 atom stereocenters. The van der Waals surface area contributed by atoms with Crippen LogP contribution in [0, 0.1) is 0 Å². The average molecular weight is 365 g/mol. The van der Waals surface area contributed by atoms with Crippen LogP contribution in [-0.2, 0) is 0 Å². The first kappa shape index (κ1) is 16.2. The number of pyridine rings is 1. The lowest BCUT2D eigenvalue weighted by Crippen LogP contribution is -1.94. The number of benzene rings is 1. The van der Waals surface area contributed by atoms with E-state index in [1.165, 1.54) is 11.3 Å². The van der Waals surface area contributed by atoms with Crippen molar-refractivity contribution in [3.63, 3.8) is 0 Å². The van der Waals surface area contributed by atoms with Crippen LogP contribution in [0.5, 0.6) is 11.5 Å². The predicted molar refractivity (Wildman–Crippen MR) is 100 cm³/mol. The SMILES string of the molecule is COc1ccc(-c2nnc3sc(/C=C/c4cccnc4)nn23)cc1OC. The highest BCUT2D eigenvalue weighted by atomic mass is 32.1. The molecule has 3 aromatic heterocycles. The van der Waals surface area contributed by atoms with Crippen LogP contribution in [0.15, 0.2) is 42.7 Å². The van der Waals surface area contributed by atoms with Gasteiger partial charge in [-0.05, 0) is 35.9 Å². The van der Waals surface area contributed by atoms with Gasteiger partial charge in [-0.25, -0.2) is 0 Å². The molecule has 0 fully saturated rings. The number of aromatic nitrogens is 5. The summed E-state index contributed by atoms with van der Waals surface area (Å²) in [6, 6.07) is 9.49. The first-order chi connectivity index (χ1) is 12.8. The minimum atomic E-state index is 0.633. The monoisotopic (exact) mass is 365 g/mol. The fraction of sp³-hybridized carbons (Fsp3) is 0.111. The van der Waals surface area contributed by atoms with Crippen molar-refractivity contribution in [1.29, 1.82) is 0 Å². The van der Waals surface area contributed by atoms with Crippen LogP contribution in [0.25, 0.3) is 28.5 Å². The van der Waals surface area contributed by atoms with Crippen molar-refractivity contribution in [3.05, 3.63) is 53.3 Å². The van der Waals surface area contributed by atoms with Crippen molar-refractivity contribution in [2.24, 2.45) is 0 Å². The Bertz CT molecular complexity index is 1070. The maximum atomic E-state index is 5.36. The molecule has 3 heterocycles. The fourth-order valence-corrected chi connectivity index (χ4v) is 3.24. The molecule has 7 nitrogen and oxygen atoms in total. The molecule has 0 unspecified atom stereocenters. The van der Waals surface area contributed by atoms with E-state index in [4.69, 9.17) is 9.47 Å². The molecule has 0 amide bonds. The lowest BCUT2D eigenvalue weighted by Gasteiger charge is -2.08. The standard InChI is InChI=1S/C18H15N5O2S/c1-24-14-7-6-13(10-15(14)25-2)17-20-21-18-23(17)22-16(26-18)8-5-12-4-3-9-19-11-12/h3-11H,1-2H3/b8-5+. The Morgan fingerprint density at radius 3 is 2.69 bits per heavy atom. The van der Waals surface area contributed by atoms with Crippen molar-refractivity contribution in [2.75, 3.05) is 14.2 Å². The van der Waals surface area contributed by atoms with Gasteiger partial charge < -0.3 is 9.47 Å². The molecule has 0 aliphatic carbocycles. The molecule has 26 heavy (non-hydrogen) atoms. The molecule has 4 aromatic rings. The molecule has 0 aliphatic rings. The Morgan fingerprint density at radius 1 is 1.04 bits per heavy atom. The molecule has 4 rings (SSSR count). The van der Waals surface area contributed by atoms with E-state index < -0.39 is 0 Å². The average Bonchev–Trinajstić information content (AvgIpc) is 3.27. The molecule has 0 N–H and O–H groups in total. The quantitative estimate of drug-likeness (QED) is 0.539. The van der Waals surface area contributed by atoms with Gasteiger partial charge in [0.15, 0.2) is 17.3 Å². The predicted octanol–water partition coefficient (Wildman–Crippen LogP) is 3.44. The number of hydrogen-bond donors (Lipinski definition) is 0. The lowest BCUT2D eigenvalue weighted by atomic mass is 10.2. The number of nitrogens with zero attached hydrogens (tertiary/aromatic N) is 5. The van der Waals surface area contributed by atoms with Gasteiger partial charge in [0, 0.05) is 18.0 Å². The minimum absolute atomic E-state index is 0.633. The van der Waals surface area contributed by atoms with Gasteiger partial charge in [-0.1, -0.05) is 23.5 Å². The van der Waals surface area contributed by atoms with E-state index in [0.717, 1.165) is 21.1 Å². The summed E-state index contributed by atoms with van der Waals surface area (Å²) in [5.74, 6) is 1.95. The van der Waals surface area contributed by atoms with Crippen molar-refractivity contribution in [3.8, 4) is 22.9 Å². The second-order valence-corrected chi connectivity index (χ2v) is 6.34. The van der Waals surface area contributed by atoms with Gasteiger partial charge in [0.2, 0.25) is 4.96 Å². The summed E-state index contributed by atoms with van der Waals surface area (Å²) in [6.07, 6.45) is 7.45. The van der Waals surface area contributed by atoms with E-state index in [0.29, 0.717) is 17.3 Å². The molecule has 0 radical (unpaired) electrons. The third kappa shape index (κ3) is 3.02. The van der Waals surface area contributed by atoms with Crippen molar-refractivity contribution < 1.29 is 9.47 Å². The Morgan fingerprint density at radius 2 is 1.92 bits per heavy atom. The Hall–Kier alpha value is -3.26. The first-order valence-corrected chi connectivity index (χ1v) is 8.63. The van der Waals surface area contributed by atoms with Crippen molar-refractivity contribution in [1.82, 2.24) is 24.8 Å². The van der Waals surface area contributed by atoms with Crippen LogP contribution in [0.3, 0.4) is 0 Å². The summed E-state index contributed by atoms with van der Waals surface area (Å²) < 4.78 is 12.4. The molecule has 130 valence electrons. The van der Waals surface area contributed by atoms with E-state index in [2.05, 4.69) is 20.3 Å². The van der Waals surface area contributed by atoms with Gasteiger partial charge in [0.1, 0.15) is 5.01 Å². The van der Waals surface area contributed by atoms with Crippen molar-refractivity contribution >= 4 is 28.4 Å². The van der Waals surface area contributed by atoms with Gasteiger partial charge in [0.05, 0.1) is 14.2 Å². The van der Waals surface area contributed by atoms with Crippen LogP contribution in [0.2, 0.25) is 0 Å². The van der Waals surface area contributed by atoms with Crippen LogP contribution in [0.1, 0.15) is 10.6 Å². The third-order valence-corrected chi connectivity index (χ3v) is 4.62. The Balaban J connectivity index is 1.69. The van der Waals surface area contributed by atoms with Gasteiger partial charge in [-0.15, -0.1) is 10.2 Å². The molecule has 0 spiro atoms. The zero-order valence-corrected chi connectivity index (χ0v) is 15.0. The highest BCUT2D eigenvalue weighted by molar-refractivity contribution is 7.17. The summed E-state index contributed by atoms with van der Waals surface area (Å²) in [7, 11) is 3.21. The van der Waals surface area contributed by atoms with E-state index in [1.807, 2.05) is 42.5 Å². The lowest BCUT2D eigenvalue weighted by molar-refractivity contribution is 0.355. The first-order valence-electron chi connectivity index (χ1n) is 7.81. The summed E-state index contributed by atoms with van der Waals surface area (Å²) in [6.45, 7) is 0. The molecule has 1 aromatic carbocycles. The van der Waals surface area contributed by atoms with E-state index in [-0.39, 0.29) is 0 Å². The Labute approximate surface area is 153 Å². The van der Waals surface area contributed by atoms with Crippen molar-refractivity contribution in [2.45, 2.75) is 0 Å². The van der Waals surface area contributed by atoms with Gasteiger partial charge in [-0.3, -0.25) is 4.98 Å². The minimum Gasteiger partial charge on any atom is -0.493 e. The number of rotatable bonds is 5. The number of ether oxygens (including phenoxy) is 2.